The highest BCUT2D eigenvalue weighted by molar-refractivity contribution is 6.30. The number of hydrazone groups is 1. The van der Waals surface area contributed by atoms with Crippen molar-refractivity contribution in [3.05, 3.63) is 64.7 Å². The van der Waals surface area contributed by atoms with Crippen molar-refractivity contribution in [1.29, 1.82) is 0 Å². The first-order chi connectivity index (χ1) is 17.6. The number of amides is 1. The van der Waals surface area contributed by atoms with E-state index < -0.39 is 5.97 Å². The van der Waals surface area contributed by atoms with E-state index in [9.17, 15) is 9.59 Å². The summed E-state index contributed by atoms with van der Waals surface area (Å²) < 4.78 is 5.41. The molecule has 0 radical (unpaired) electrons. The Kier molecular flexibility index (Phi) is 15.3. The van der Waals surface area contributed by atoms with E-state index in [0.29, 0.717) is 22.8 Å². The largest absolute Gasteiger partial charge is 0.423 e. The fourth-order valence-corrected chi connectivity index (χ4v) is 4.07. The van der Waals surface area contributed by atoms with Crippen LogP contribution in [0.4, 0.5) is 0 Å². The van der Waals surface area contributed by atoms with Gasteiger partial charge in [0.05, 0.1) is 11.8 Å². The van der Waals surface area contributed by atoms with Crippen LogP contribution in [0.25, 0.3) is 0 Å². The van der Waals surface area contributed by atoms with E-state index in [4.69, 9.17) is 16.3 Å². The van der Waals surface area contributed by atoms with Gasteiger partial charge in [0.15, 0.2) is 0 Å². The predicted octanol–water partition coefficient (Wildman–Crippen LogP) is 8.49. The number of carbonyl (C=O) groups is 2. The lowest BCUT2D eigenvalue weighted by Crippen LogP contribution is -2.16. The highest BCUT2D eigenvalue weighted by Crippen LogP contribution is 2.16. The molecule has 1 N–H and O–H groups in total. The molecule has 0 aliphatic heterocycles. The Morgan fingerprint density at radius 2 is 1.42 bits per heavy atom. The van der Waals surface area contributed by atoms with Crippen LogP contribution in [0.1, 0.15) is 113 Å². The first-order valence-corrected chi connectivity index (χ1v) is 13.9. The number of benzene rings is 2. The minimum absolute atomic E-state index is 0.0837. The van der Waals surface area contributed by atoms with Gasteiger partial charge in [-0.1, -0.05) is 108 Å². The normalized spacial score (nSPS) is 11.1. The molecule has 36 heavy (non-hydrogen) atoms. The maximum Gasteiger partial charge on any atom is 0.343 e. The minimum atomic E-state index is -0.466. The third-order valence-corrected chi connectivity index (χ3v) is 6.31. The second-order valence-corrected chi connectivity index (χ2v) is 9.69. The lowest BCUT2D eigenvalue weighted by atomic mass is 10.0. The molecule has 0 unspecified atom stereocenters. The zero-order valence-corrected chi connectivity index (χ0v) is 22.4. The van der Waals surface area contributed by atoms with Crippen molar-refractivity contribution in [2.45, 2.75) is 96.8 Å². The fraction of sp³-hybridized carbons (Fsp3) is 0.500. The number of rotatable bonds is 18. The van der Waals surface area contributed by atoms with Gasteiger partial charge >= 0.3 is 5.97 Å². The Morgan fingerprint density at radius 1 is 0.833 bits per heavy atom. The van der Waals surface area contributed by atoms with E-state index in [2.05, 4.69) is 17.5 Å². The van der Waals surface area contributed by atoms with E-state index in [-0.39, 0.29) is 5.91 Å². The average molecular weight is 513 g/mol. The van der Waals surface area contributed by atoms with Gasteiger partial charge in [-0.25, -0.2) is 10.2 Å². The molecule has 0 aromatic heterocycles. The average Bonchev–Trinajstić information content (AvgIpc) is 2.87. The van der Waals surface area contributed by atoms with E-state index >= 15 is 0 Å². The predicted molar refractivity (Wildman–Crippen MR) is 149 cm³/mol. The second kappa shape index (κ2) is 18.6. The lowest BCUT2D eigenvalue weighted by Gasteiger charge is -2.05. The zero-order valence-electron chi connectivity index (χ0n) is 21.6. The van der Waals surface area contributed by atoms with Crippen LogP contribution in [0.3, 0.4) is 0 Å². The van der Waals surface area contributed by atoms with Crippen molar-refractivity contribution in [2.24, 2.45) is 5.10 Å². The summed E-state index contributed by atoms with van der Waals surface area (Å²) in [6.45, 7) is 2.26. The molecule has 0 saturated heterocycles. The first-order valence-electron chi connectivity index (χ1n) is 13.5. The number of halogens is 1. The smallest absolute Gasteiger partial charge is 0.343 e. The maximum atomic E-state index is 12.2. The number of nitrogens with one attached hydrogen (secondary N) is 1. The highest BCUT2D eigenvalue weighted by atomic mass is 35.5. The molecule has 0 heterocycles. The number of hydrogen-bond acceptors (Lipinski definition) is 4. The molecule has 2 rings (SSSR count). The van der Waals surface area contributed by atoms with Gasteiger partial charge < -0.3 is 4.74 Å². The molecular weight excluding hydrogens is 472 g/mol. The number of hydrogen-bond donors (Lipinski definition) is 1. The van der Waals surface area contributed by atoms with Crippen LogP contribution in [0.15, 0.2) is 53.6 Å². The van der Waals surface area contributed by atoms with Crippen LogP contribution >= 0.6 is 11.6 Å². The van der Waals surface area contributed by atoms with Gasteiger partial charge in [0.1, 0.15) is 5.75 Å². The van der Waals surface area contributed by atoms with Crippen LogP contribution in [-0.4, -0.2) is 18.1 Å². The highest BCUT2D eigenvalue weighted by Gasteiger charge is 2.08. The third kappa shape index (κ3) is 13.4. The van der Waals surface area contributed by atoms with E-state index in [1.54, 1.807) is 48.7 Å². The summed E-state index contributed by atoms with van der Waals surface area (Å²) in [5, 5.41) is 4.59. The van der Waals surface area contributed by atoms with Crippen molar-refractivity contribution in [3.8, 4) is 5.75 Å². The second-order valence-electron chi connectivity index (χ2n) is 9.25. The Balaban J connectivity index is 1.54. The van der Waals surface area contributed by atoms with Gasteiger partial charge in [0.25, 0.3) is 0 Å². The summed E-state index contributed by atoms with van der Waals surface area (Å²) in [4.78, 5) is 24.3. The summed E-state index contributed by atoms with van der Waals surface area (Å²) in [5.74, 6) is -0.149. The molecule has 0 spiro atoms. The van der Waals surface area contributed by atoms with Crippen LogP contribution < -0.4 is 10.2 Å². The van der Waals surface area contributed by atoms with Crippen molar-refractivity contribution in [3.63, 3.8) is 0 Å². The van der Waals surface area contributed by atoms with Gasteiger partial charge in [-0.15, -0.1) is 0 Å². The molecule has 0 saturated carbocycles. The van der Waals surface area contributed by atoms with E-state index in [1.807, 2.05) is 6.07 Å². The SMILES string of the molecule is CCCCCCCCCCCCCCCC(=O)N/N=C\c1cccc(OC(=O)c2ccc(Cl)cc2)c1. The van der Waals surface area contributed by atoms with Crippen LogP contribution in [0, 0.1) is 0 Å². The molecule has 0 fully saturated rings. The molecule has 6 heteroatoms. The molecule has 0 aliphatic rings. The van der Waals surface area contributed by atoms with Crippen LogP contribution in [0.2, 0.25) is 5.02 Å². The van der Waals surface area contributed by atoms with Crippen LogP contribution in [-0.2, 0) is 4.79 Å². The Bertz CT molecular complexity index is 928. The monoisotopic (exact) mass is 512 g/mol. The van der Waals surface area contributed by atoms with Crippen molar-refractivity contribution >= 4 is 29.7 Å². The van der Waals surface area contributed by atoms with Gasteiger partial charge in [0.2, 0.25) is 5.91 Å². The van der Waals surface area contributed by atoms with Gasteiger partial charge in [-0.05, 0) is 48.4 Å². The summed E-state index contributed by atoms with van der Waals surface area (Å²) >= 11 is 5.85. The molecule has 2 aromatic carbocycles. The van der Waals surface area contributed by atoms with Crippen LogP contribution in [0.5, 0.6) is 5.75 Å². The van der Waals surface area contributed by atoms with Gasteiger partial charge in [0, 0.05) is 11.4 Å². The van der Waals surface area contributed by atoms with Crippen molar-refractivity contribution in [1.82, 2.24) is 5.43 Å². The number of carbonyl (C=O) groups excluding carboxylic acids is 2. The molecule has 0 aliphatic carbocycles. The molecule has 2 aromatic rings. The Labute approximate surface area is 221 Å². The molecular formula is C30H41ClN2O3. The topological polar surface area (TPSA) is 67.8 Å². The quantitative estimate of drug-likeness (QED) is 0.0715. The molecule has 0 bridgehead atoms. The number of unbranched alkanes of at least 4 members (excludes halogenated alkanes) is 12. The van der Waals surface area contributed by atoms with Crippen molar-refractivity contribution < 1.29 is 14.3 Å². The maximum absolute atomic E-state index is 12.2. The molecule has 0 atom stereocenters. The number of nitrogens with zero attached hydrogens (tertiary/aromatic N) is 1. The van der Waals surface area contributed by atoms with Crippen molar-refractivity contribution in [2.75, 3.05) is 0 Å². The molecule has 5 nitrogen and oxygen atoms in total. The van der Waals surface area contributed by atoms with Gasteiger partial charge in [-0.3, -0.25) is 4.79 Å². The summed E-state index contributed by atoms with van der Waals surface area (Å²) in [7, 11) is 0. The Morgan fingerprint density at radius 3 is 2.03 bits per heavy atom. The Hall–Kier alpha value is -2.66. The third-order valence-electron chi connectivity index (χ3n) is 6.06. The molecule has 1 amide bonds. The molecule has 196 valence electrons. The number of ether oxygens (including phenoxy) is 1. The minimum Gasteiger partial charge on any atom is -0.423 e. The lowest BCUT2D eigenvalue weighted by molar-refractivity contribution is -0.121. The summed E-state index contributed by atoms with van der Waals surface area (Å²) in [5.41, 5.74) is 3.71. The summed E-state index contributed by atoms with van der Waals surface area (Å²) in [6, 6.07) is 13.5. The standard InChI is InChI=1S/C30H41ClN2O3/c1-2-3-4-5-6-7-8-9-10-11-12-13-14-18-29(34)33-32-24-25-16-15-17-28(23-25)36-30(35)26-19-21-27(31)22-20-26/h15-17,19-24H,2-14,18H2,1H3,(H,33,34)/b32-24-. The fourth-order valence-electron chi connectivity index (χ4n) is 3.95. The summed E-state index contributed by atoms with van der Waals surface area (Å²) in [6.07, 6.45) is 18.7. The van der Waals surface area contributed by atoms with E-state index in [1.165, 1.54) is 70.6 Å². The zero-order chi connectivity index (χ0) is 25.8. The number of esters is 1. The van der Waals surface area contributed by atoms with Gasteiger partial charge in [-0.2, -0.15) is 5.10 Å². The first kappa shape index (κ1) is 29.6. The van der Waals surface area contributed by atoms with E-state index in [0.717, 1.165) is 18.4 Å².